The minimum atomic E-state index is -1.17. The van der Waals surface area contributed by atoms with E-state index in [-0.39, 0.29) is 36.3 Å². The molecule has 0 radical (unpaired) electrons. The van der Waals surface area contributed by atoms with E-state index >= 15 is 0 Å². The molecule has 2 aliphatic rings. The Labute approximate surface area is 222 Å². The predicted molar refractivity (Wildman–Crippen MR) is 138 cm³/mol. The van der Waals surface area contributed by atoms with Crippen molar-refractivity contribution >= 4 is 29.6 Å². The largest absolute Gasteiger partial charge is 0.508 e. The first-order valence-electron chi connectivity index (χ1n) is 13.2. The van der Waals surface area contributed by atoms with Crippen LogP contribution in [0, 0.1) is 5.92 Å². The summed E-state index contributed by atoms with van der Waals surface area (Å²) in [7, 11) is 0. The van der Waals surface area contributed by atoms with E-state index in [2.05, 4.69) is 10.6 Å². The molecular weight excluding hydrogens is 492 g/mol. The summed E-state index contributed by atoms with van der Waals surface area (Å²) in [5, 5.41) is 24.5. The quantitative estimate of drug-likeness (QED) is 0.352. The Bertz CT molecular complexity index is 1040. The number of aliphatic carboxylic acids is 1. The Hall–Kier alpha value is -3.63. The maximum atomic E-state index is 13.4. The average molecular weight is 531 g/mol. The summed E-state index contributed by atoms with van der Waals surface area (Å²) in [5.41, 5.74) is 0.654. The van der Waals surface area contributed by atoms with Crippen LogP contribution in [0.2, 0.25) is 0 Å². The topological polar surface area (TPSA) is 156 Å². The van der Waals surface area contributed by atoms with E-state index in [4.69, 9.17) is 0 Å². The van der Waals surface area contributed by atoms with Gasteiger partial charge in [0.25, 0.3) is 0 Å². The Balaban J connectivity index is 1.77. The fourth-order valence-electron chi connectivity index (χ4n) is 5.20. The standard InChI is InChI=1S/C27H38N4O7/c1-16(2)14-21(27(37)38)29-24(34)20(15-18-8-10-19(33)11-9-18)28-25(35)22-6-4-13-31(22)26(36)23-7-5-12-30(23)17(3)32/h8-11,16,20-23,33H,4-7,12-15H2,1-3H3,(H,28,35)(H,29,34)(H,37,38). The third kappa shape index (κ3) is 7.23. The highest BCUT2D eigenvalue weighted by Crippen LogP contribution is 2.25. The van der Waals surface area contributed by atoms with Crippen LogP contribution in [0.5, 0.6) is 5.75 Å². The number of rotatable bonds is 10. The summed E-state index contributed by atoms with van der Waals surface area (Å²) in [4.78, 5) is 66.7. The van der Waals surface area contributed by atoms with E-state index < -0.39 is 42.0 Å². The molecule has 3 rings (SSSR count). The summed E-state index contributed by atoms with van der Waals surface area (Å²) in [5.74, 6) is -2.69. The number of carbonyl (C=O) groups is 5. The van der Waals surface area contributed by atoms with E-state index in [0.29, 0.717) is 37.9 Å². The van der Waals surface area contributed by atoms with Gasteiger partial charge in [-0.05, 0) is 55.7 Å². The highest BCUT2D eigenvalue weighted by Gasteiger charge is 2.42. The van der Waals surface area contributed by atoms with Gasteiger partial charge in [0.2, 0.25) is 23.6 Å². The minimum Gasteiger partial charge on any atom is -0.508 e. The molecule has 0 bridgehead atoms. The first kappa shape index (κ1) is 28.9. The minimum absolute atomic E-state index is 0.0183. The Morgan fingerprint density at radius 1 is 0.921 bits per heavy atom. The molecule has 1 aromatic carbocycles. The molecule has 4 amide bonds. The van der Waals surface area contributed by atoms with Crippen molar-refractivity contribution in [2.75, 3.05) is 13.1 Å². The molecule has 0 aromatic heterocycles. The zero-order valence-electron chi connectivity index (χ0n) is 22.2. The number of carboxylic acid groups (broad SMARTS) is 1. The van der Waals surface area contributed by atoms with E-state index in [9.17, 15) is 34.2 Å². The van der Waals surface area contributed by atoms with Gasteiger partial charge in [0, 0.05) is 26.4 Å². The monoisotopic (exact) mass is 530 g/mol. The molecule has 2 saturated heterocycles. The second-order valence-electron chi connectivity index (χ2n) is 10.5. The van der Waals surface area contributed by atoms with Crippen molar-refractivity contribution in [2.24, 2.45) is 5.92 Å². The van der Waals surface area contributed by atoms with Crippen LogP contribution in [-0.4, -0.2) is 86.9 Å². The third-order valence-electron chi connectivity index (χ3n) is 7.11. The number of hydrogen-bond donors (Lipinski definition) is 4. The molecule has 2 aliphatic heterocycles. The molecule has 38 heavy (non-hydrogen) atoms. The van der Waals surface area contributed by atoms with E-state index in [0.717, 1.165) is 6.42 Å². The Morgan fingerprint density at radius 3 is 2.11 bits per heavy atom. The molecule has 208 valence electrons. The number of nitrogens with one attached hydrogen (secondary N) is 2. The fraction of sp³-hybridized carbons (Fsp3) is 0.593. The van der Waals surface area contributed by atoms with Gasteiger partial charge in [0.1, 0.15) is 29.9 Å². The maximum Gasteiger partial charge on any atom is 0.326 e. The number of phenols is 1. The molecule has 0 aliphatic carbocycles. The number of benzene rings is 1. The van der Waals surface area contributed by atoms with Crippen LogP contribution in [0.3, 0.4) is 0 Å². The summed E-state index contributed by atoms with van der Waals surface area (Å²) >= 11 is 0. The van der Waals surface area contributed by atoms with Gasteiger partial charge in [-0.15, -0.1) is 0 Å². The average Bonchev–Trinajstić information content (AvgIpc) is 3.54. The third-order valence-corrected chi connectivity index (χ3v) is 7.11. The van der Waals surface area contributed by atoms with Gasteiger partial charge in [0.05, 0.1) is 0 Å². The SMILES string of the molecule is CC(=O)N1CCCC1C(=O)N1CCCC1C(=O)NC(Cc1ccc(O)cc1)C(=O)NC(CC(C)C)C(=O)O. The summed E-state index contributed by atoms with van der Waals surface area (Å²) in [6.45, 7) is 6.01. The van der Waals surface area contributed by atoms with Crippen molar-refractivity contribution in [2.45, 2.75) is 83.5 Å². The number of aromatic hydroxyl groups is 1. The van der Waals surface area contributed by atoms with Crippen LogP contribution >= 0.6 is 0 Å². The lowest BCUT2D eigenvalue weighted by Crippen LogP contribution is -2.57. The van der Waals surface area contributed by atoms with E-state index in [1.807, 2.05) is 13.8 Å². The van der Waals surface area contributed by atoms with Gasteiger partial charge in [-0.3, -0.25) is 19.2 Å². The Kier molecular flexibility index (Phi) is 9.71. The number of nitrogens with zero attached hydrogens (tertiary/aromatic N) is 2. The Morgan fingerprint density at radius 2 is 1.53 bits per heavy atom. The van der Waals surface area contributed by atoms with Crippen LogP contribution in [0.15, 0.2) is 24.3 Å². The zero-order chi connectivity index (χ0) is 28.0. The van der Waals surface area contributed by atoms with Crippen molar-refractivity contribution in [1.29, 1.82) is 0 Å². The van der Waals surface area contributed by atoms with Gasteiger partial charge in [-0.1, -0.05) is 26.0 Å². The lowest BCUT2D eigenvalue weighted by atomic mass is 10.0. The number of carbonyl (C=O) groups excluding carboxylic acids is 4. The number of likely N-dealkylation sites (tertiary alicyclic amines) is 2. The number of hydrogen-bond acceptors (Lipinski definition) is 6. The van der Waals surface area contributed by atoms with Gasteiger partial charge in [-0.2, -0.15) is 0 Å². The summed E-state index contributed by atoms with van der Waals surface area (Å²) in [6, 6.07) is 2.56. The first-order chi connectivity index (χ1) is 18.0. The van der Waals surface area contributed by atoms with Crippen molar-refractivity contribution < 1.29 is 34.2 Å². The fourth-order valence-corrected chi connectivity index (χ4v) is 5.20. The number of amides is 4. The molecule has 4 unspecified atom stereocenters. The molecule has 2 fully saturated rings. The van der Waals surface area contributed by atoms with Gasteiger partial charge < -0.3 is 30.6 Å². The lowest BCUT2D eigenvalue weighted by Gasteiger charge is -2.31. The molecule has 11 heteroatoms. The zero-order valence-corrected chi connectivity index (χ0v) is 22.2. The first-order valence-corrected chi connectivity index (χ1v) is 13.2. The number of phenolic OH excluding ortho intramolecular Hbond substituents is 1. The molecule has 0 spiro atoms. The van der Waals surface area contributed by atoms with E-state index in [1.54, 1.807) is 12.1 Å². The smallest absolute Gasteiger partial charge is 0.326 e. The van der Waals surface area contributed by atoms with Gasteiger partial charge in [-0.25, -0.2) is 4.79 Å². The van der Waals surface area contributed by atoms with Crippen LogP contribution < -0.4 is 10.6 Å². The van der Waals surface area contributed by atoms with Crippen LogP contribution in [0.4, 0.5) is 0 Å². The lowest BCUT2D eigenvalue weighted by molar-refractivity contribution is -0.146. The molecular formula is C27H38N4O7. The summed E-state index contributed by atoms with van der Waals surface area (Å²) in [6.07, 6.45) is 2.58. The normalized spacial score (nSPS) is 20.7. The van der Waals surface area contributed by atoms with Gasteiger partial charge >= 0.3 is 5.97 Å². The van der Waals surface area contributed by atoms with Gasteiger partial charge in [0.15, 0.2) is 0 Å². The van der Waals surface area contributed by atoms with Crippen molar-refractivity contribution in [3.8, 4) is 5.75 Å². The van der Waals surface area contributed by atoms with Crippen LogP contribution in [0.1, 0.15) is 58.4 Å². The van der Waals surface area contributed by atoms with Crippen molar-refractivity contribution in [3.63, 3.8) is 0 Å². The van der Waals surface area contributed by atoms with Crippen LogP contribution in [-0.2, 0) is 30.4 Å². The predicted octanol–water partition coefficient (Wildman–Crippen LogP) is 1.04. The second-order valence-corrected chi connectivity index (χ2v) is 10.5. The molecule has 1 aromatic rings. The molecule has 4 N–H and O–H groups in total. The molecule has 0 saturated carbocycles. The highest BCUT2D eigenvalue weighted by molar-refractivity contribution is 5.95. The maximum absolute atomic E-state index is 13.4. The molecule has 11 nitrogen and oxygen atoms in total. The van der Waals surface area contributed by atoms with Crippen molar-refractivity contribution in [3.05, 3.63) is 29.8 Å². The highest BCUT2D eigenvalue weighted by atomic mass is 16.4. The second kappa shape index (κ2) is 12.7. The number of carboxylic acids is 1. The van der Waals surface area contributed by atoms with Crippen molar-refractivity contribution in [1.82, 2.24) is 20.4 Å². The molecule has 4 atom stereocenters. The van der Waals surface area contributed by atoms with Crippen LogP contribution in [0.25, 0.3) is 0 Å². The molecule has 2 heterocycles. The van der Waals surface area contributed by atoms with E-state index in [1.165, 1.54) is 28.9 Å². The summed E-state index contributed by atoms with van der Waals surface area (Å²) < 4.78 is 0.